The topological polar surface area (TPSA) is 15.3 Å². The third kappa shape index (κ3) is 4.94. The summed E-state index contributed by atoms with van der Waals surface area (Å²) < 4.78 is 0. The smallest absolute Gasteiger partial charge is 0.0188 e. The van der Waals surface area contributed by atoms with E-state index in [1.54, 1.807) is 6.20 Å². The molecule has 0 aromatic heterocycles. The van der Waals surface area contributed by atoms with Crippen molar-refractivity contribution in [3.05, 3.63) is 25.2 Å². The molecular formula is C7H14N2. The Bertz CT molecular complexity index is 97.1. The first-order valence-electron chi connectivity index (χ1n) is 3.05. The highest BCUT2D eigenvalue weighted by Gasteiger charge is 1.75. The monoisotopic (exact) mass is 126 g/mol. The molecule has 9 heavy (non-hydrogen) atoms. The van der Waals surface area contributed by atoms with Crippen molar-refractivity contribution in [2.24, 2.45) is 0 Å². The van der Waals surface area contributed by atoms with Crippen molar-refractivity contribution >= 4 is 0 Å². The van der Waals surface area contributed by atoms with Gasteiger partial charge in [0.25, 0.3) is 0 Å². The molecule has 0 radical (unpaired) electrons. The summed E-state index contributed by atoms with van der Waals surface area (Å²) in [6.45, 7) is 6.60. The van der Waals surface area contributed by atoms with E-state index in [-0.39, 0.29) is 0 Å². The summed E-state index contributed by atoms with van der Waals surface area (Å²) in [5.41, 5.74) is 0. The van der Waals surface area contributed by atoms with E-state index in [4.69, 9.17) is 0 Å². The lowest BCUT2D eigenvalue weighted by molar-refractivity contribution is 0.621. The molecule has 0 atom stereocenters. The predicted octanol–water partition coefficient (Wildman–Crippen LogP) is 1.14. The molecule has 0 rings (SSSR count). The minimum Gasteiger partial charge on any atom is -0.390 e. The van der Waals surface area contributed by atoms with Crippen molar-refractivity contribution in [3.8, 4) is 0 Å². The van der Waals surface area contributed by atoms with Crippen LogP contribution in [0.5, 0.6) is 0 Å². The fraction of sp³-hybridized carbons (Fsp3) is 0.429. The zero-order chi connectivity index (χ0) is 7.11. The number of rotatable bonds is 4. The van der Waals surface area contributed by atoms with Gasteiger partial charge in [-0.3, -0.25) is 0 Å². The van der Waals surface area contributed by atoms with Gasteiger partial charge in [-0.05, 0) is 13.1 Å². The van der Waals surface area contributed by atoms with E-state index in [0.29, 0.717) is 0 Å². The highest BCUT2D eigenvalue weighted by molar-refractivity contribution is 4.83. The molecule has 0 aliphatic carbocycles. The lowest BCUT2D eigenvalue weighted by Crippen LogP contribution is -2.06. The van der Waals surface area contributed by atoms with Crippen LogP contribution in [-0.4, -0.2) is 18.5 Å². The van der Waals surface area contributed by atoms with Gasteiger partial charge >= 0.3 is 0 Å². The molecule has 2 heteroatoms. The molecule has 0 aromatic carbocycles. The van der Waals surface area contributed by atoms with Crippen LogP contribution in [0.2, 0.25) is 0 Å². The summed E-state index contributed by atoms with van der Waals surface area (Å²) in [5, 5.41) is 3.04. The second-order valence-corrected chi connectivity index (χ2v) is 1.72. The van der Waals surface area contributed by atoms with E-state index in [1.807, 2.05) is 24.3 Å². The molecule has 0 aliphatic rings. The predicted molar refractivity (Wildman–Crippen MR) is 40.8 cm³/mol. The third-order valence-corrected chi connectivity index (χ3v) is 0.920. The zero-order valence-corrected chi connectivity index (χ0v) is 6.09. The maximum absolute atomic E-state index is 3.59. The Balaban J connectivity index is 3.31. The Kier molecular flexibility index (Phi) is 4.69. The highest BCUT2D eigenvalue weighted by Crippen LogP contribution is 1.79. The second kappa shape index (κ2) is 5.22. The minimum absolute atomic E-state index is 0.960. The van der Waals surface area contributed by atoms with E-state index >= 15 is 0 Å². The number of hydrogen-bond acceptors (Lipinski definition) is 2. The summed E-state index contributed by atoms with van der Waals surface area (Å²) in [7, 11) is 1.93. The van der Waals surface area contributed by atoms with E-state index < -0.39 is 0 Å². The normalized spacial score (nSPS) is 9.56. The van der Waals surface area contributed by atoms with Crippen LogP contribution in [0, 0.1) is 0 Å². The molecule has 1 N–H and O–H groups in total. The van der Waals surface area contributed by atoms with E-state index in [1.165, 1.54) is 0 Å². The molecule has 0 fully saturated rings. The lowest BCUT2D eigenvalue weighted by atomic mass is 10.7. The molecule has 0 spiro atoms. The van der Waals surface area contributed by atoms with Crippen molar-refractivity contribution in [3.63, 3.8) is 0 Å². The molecule has 2 nitrogen and oxygen atoms in total. The number of hydrogen-bond donors (Lipinski definition) is 1. The fourth-order valence-electron chi connectivity index (χ4n) is 0.349. The van der Waals surface area contributed by atoms with Gasteiger partial charge in [-0.15, -0.1) is 0 Å². The largest absolute Gasteiger partial charge is 0.390 e. The zero-order valence-electron chi connectivity index (χ0n) is 6.09. The molecular weight excluding hydrogens is 112 g/mol. The molecule has 0 saturated heterocycles. The van der Waals surface area contributed by atoms with E-state index in [9.17, 15) is 0 Å². The van der Waals surface area contributed by atoms with Gasteiger partial charge in [0.15, 0.2) is 0 Å². The van der Waals surface area contributed by atoms with Gasteiger partial charge in [0.2, 0.25) is 0 Å². The van der Waals surface area contributed by atoms with Crippen LogP contribution in [-0.2, 0) is 0 Å². The molecule has 0 aliphatic heterocycles. The average molecular weight is 126 g/mol. The first-order valence-corrected chi connectivity index (χ1v) is 3.05. The van der Waals surface area contributed by atoms with Crippen LogP contribution in [0.25, 0.3) is 0 Å². The Hall–Kier alpha value is -0.920. The van der Waals surface area contributed by atoms with Crippen molar-refractivity contribution in [1.82, 2.24) is 10.2 Å². The molecule has 0 heterocycles. The summed E-state index contributed by atoms with van der Waals surface area (Å²) in [6, 6.07) is 0. The highest BCUT2D eigenvalue weighted by atomic mass is 15.1. The van der Waals surface area contributed by atoms with Crippen LogP contribution in [0.1, 0.15) is 6.92 Å². The molecule has 0 aromatic rings. The van der Waals surface area contributed by atoms with Gasteiger partial charge in [-0.25, -0.2) is 0 Å². The fourth-order valence-corrected chi connectivity index (χ4v) is 0.349. The van der Waals surface area contributed by atoms with Gasteiger partial charge in [0.05, 0.1) is 0 Å². The van der Waals surface area contributed by atoms with Crippen LogP contribution >= 0.6 is 0 Å². The molecule has 0 bridgehead atoms. The maximum atomic E-state index is 3.59. The van der Waals surface area contributed by atoms with Crippen LogP contribution in [0.4, 0.5) is 0 Å². The maximum Gasteiger partial charge on any atom is 0.0188 e. The Labute approximate surface area is 56.9 Å². The quantitative estimate of drug-likeness (QED) is 0.607. The summed E-state index contributed by atoms with van der Waals surface area (Å²) in [4.78, 5) is 1.88. The first kappa shape index (κ1) is 8.08. The summed E-state index contributed by atoms with van der Waals surface area (Å²) in [5.74, 6) is 0. The molecule has 0 amide bonds. The lowest BCUT2D eigenvalue weighted by Gasteiger charge is -2.04. The van der Waals surface area contributed by atoms with Crippen molar-refractivity contribution < 1.29 is 0 Å². The molecule has 0 unspecified atom stereocenters. The van der Waals surface area contributed by atoms with Crippen LogP contribution < -0.4 is 5.32 Å². The standard InChI is InChI=1S/C7H14N2/c1-4-8-6-7-9(3)5-2/h5-8H,2,4H2,1,3H3/b7-6-. The Morgan fingerprint density at radius 2 is 2.33 bits per heavy atom. The van der Waals surface area contributed by atoms with Crippen molar-refractivity contribution in [2.75, 3.05) is 13.6 Å². The first-order chi connectivity index (χ1) is 4.31. The second-order valence-electron chi connectivity index (χ2n) is 1.72. The third-order valence-electron chi connectivity index (χ3n) is 0.920. The van der Waals surface area contributed by atoms with Gasteiger partial charge in [-0.2, -0.15) is 0 Å². The van der Waals surface area contributed by atoms with E-state index in [0.717, 1.165) is 6.54 Å². The van der Waals surface area contributed by atoms with Gasteiger partial charge < -0.3 is 10.2 Å². The number of nitrogens with one attached hydrogen (secondary N) is 1. The van der Waals surface area contributed by atoms with Crippen LogP contribution in [0.15, 0.2) is 25.2 Å². The van der Waals surface area contributed by atoms with Gasteiger partial charge in [-0.1, -0.05) is 6.58 Å². The van der Waals surface area contributed by atoms with Crippen molar-refractivity contribution in [1.29, 1.82) is 0 Å². The SMILES string of the molecule is C=CN(C)/C=C\NCC. The van der Waals surface area contributed by atoms with Gasteiger partial charge in [0.1, 0.15) is 0 Å². The summed E-state index contributed by atoms with van der Waals surface area (Å²) >= 11 is 0. The minimum atomic E-state index is 0.960. The Morgan fingerprint density at radius 1 is 1.67 bits per heavy atom. The molecule has 0 saturated carbocycles. The Morgan fingerprint density at radius 3 is 2.78 bits per heavy atom. The average Bonchev–Trinajstić information content (AvgIpc) is 1.89. The van der Waals surface area contributed by atoms with E-state index in [2.05, 4.69) is 18.8 Å². The van der Waals surface area contributed by atoms with Crippen LogP contribution in [0.3, 0.4) is 0 Å². The van der Waals surface area contributed by atoms with Crippen molar-refractivity contribution in [2.45, 2.75) is 6.92 Å². The molecule has 52 valence electrons. The van der Waals surface area contributed by atoms with Gasteiger partial charge in [0, 0.05) is 26.0 Å². The summed E-state index contributed by atoms with van der Waals surface area (Å²) in [6.07, 6.45) is 5.55. The number of nitrogens with zero attached hydrogens (tertiary/aromatic N) is 1.